The Morgan fingerprint density at radius 1 is 1.25 bits per heavy atom. The summed E-state index contributed by atoms with van der Waals surface area (Å²) in [6, 6.07) is 8.43. The maximum absolute atomic E-state index is 12.1. The third-order valence-corrected chi connectivity index (χ3v) is 4.34. The standard InChI is InChI=1S/C18H25N3O3/c1-13-2-4-14(5-3-13)10-19-17(22)12-21-8-9-24-16(11-21)18(23)20-15-6-7-15/h2-5,15-16H,6-12H2,1H3,(H,19,22)(H,20,23). The number of aryl methyl sites for hydroxylation is 1. The minimum Gasteiger partial charge on any atom is -0.366 e. The Hall–Kier alpha value is -1.92. The number of rotatable bonds is 6. The highest BCUT2D eigenvalue weighted by atomic mass is 16.5. The molecule has 2 fully saturated rings. The quantitative estimate of drug-likeness (QED) is 0.800. The minimum absolute atomic E-state index is 0.0289. The van der Waals surface area contributed by atoms with Crippen LogP contribution in [0.1, 0.15) is 24.0 Å². The lowest BCUT2D eigenvalue weighted by Crippen LogP contribution is -2.52. The molecule has 1 saturated carbocycles. The van der Waals surface area contributed by atoms with Crippen molar-refractivity contribution in [3.8, 4) is 0 Å². The Labute approximate surface area is 142 Å². The molecule has 3 rings (SSSR count). The number of carbonyl (C=O) groups excluding carboxylic acids is 2. The monoisotopic (exact) mass is 331 g/mol. The molecule has 1 aliphatic heterocycles. The van der Waals surface area contributed by atoms with Crippen LogP contribution >= 0.6 is 0 Å². The van der Waals surface area contributed by atoms with E-state index < -0.39 is 6.10 Å². The van der Waals surface area contributed by atoms with Gasteiger partial charge >= 0.3 is 0 Å². The molecule has 1 aliphatic carbocycles. The summed E-state index contributed by atoms with van der Waals surface area (Å²) in [5.74, 6) is -0.0823. The molecule has 0 radical (unpaired) electrons. The van der Waals surface area contributed by atoms with Crippen molar-refractivity contribution in [3.05, 3.63) is 35.4 Å². The maximum atomic E-state index is 12.1. The largest absolute Gasteiger partial charge is 0.366 e. The summed E-state index contributed by atoms with van der Waals surface area (Å²) in [6.45, 7) is 4.48. The number of morpholine rings is 1. The molecule has 0 aromatic heterocycles. The van der Waals surface area contributed by atoms with Gasteiger partial charge in [0.15, 0.2) is 0 Å². The molecular weight excluding hydrogens is 306 g/mol. The van der Waals surface area contributed by atoms with E-state index in [4.69, 9.17) is 4.74 Å². The lowest BCUT2D eigenvalue weighted by atomic mass is 10.1. The van der Waals surface area contributed by atoms with E-state index in [1.54, 1.807) is 0 Å². The van der Waals surface area contributed by atoms with Gasteiger partial charge in [-0.25, -0.2) is 0 Å². The molecule has 6 heteroatoms. The lowest BCUT2D eigenvalue weighted by molar-refractivity contribution is -0.140. The van der Waals surface area contributed by atoms with Crippen LogP contribution in [0.25, 0.3) is 0 Å². The molecule has 1 atom stereocenters. The number of carbonyl (C=O) groups is 2. The smallest absolute Gasteiger partial charge is 0.250 e. The third kappa shape index (κ3) is 5.04. The van der Waals surface area contributed by atoms with Gasteiger partial charge in [0.2, 0.25) is 5.91 Å². The lowest BCUT2D eigenvalue weighted by Gasteiger charge is -2.31. The third-order valence-electron chi connectivity index (χ3n) is 4.34. The van der Waals surface area contributed by atoms with Crippen molar-refractivity contribution in [1.82, 2.24) is 15.5 Å². The molecule has 130 valence electrons. The normalized spacial score (nSPS) is 21.3. The van der Waals surface area contributed by atoms with E-state index in [9.17, 15) is 9.59 Å². The van der Waals surface area contributed by atoms with E-state index in [2.05, 4.69) is 10.6 Å². The van der Waals surface area contributed by atoms with Gasteiger partial charge in [-0.15, -0.1) is 0 Å². The van der Waals surface area contributed by atoms with Crippen LogP contribution in [0.2, 0.25) is 0 Å². The first kappa shape index (κ1) is 16.9. The van der Waals surface area contributed by atoms with Crippen molar-refractivity contribution >= 4 is 11.8 Å². The van der Waals surface area contributed by atoms with Gasteiger partial charge in [-0.1, -0.05) is 29.8 Å². The zero-order valence-electron chi connectivity index (χ0n) is 14.1. The first-order valence-electron chi connectivity index (χ1n) is 8.57. The molecule has 0 bridgehead atoms. The van der Waals surface area contributed by atoms with Crippen LogP contribution < -0.4 is 10.6 Å². The molecule has 1 saturated heterocycles. The molecule has 2 amide bonds. The first-order chi connectivity index (χ1) is 11.6. The molecule has 6 nitrogen and oxygen atoms in total. The van der Waals surface area contributed by atoms with Crippen molar-refractivity contribution in [1.29, 1.82) is 0 Å². The van der Waals surface area contributed by atoms with Gasteiger partial charge in [0.25, 0.3) is 5.91 Å². The first-order valence-corrected chi connectivity index (χ1v) is 8.57. The molecule has 1 heterocycles. The molecule has 24 heavy (non-hydrogen) atoms. The van der Waals surface area contributed by atoms with E-state index in [1.165, 1.54) is 5.56 Å². The maximum Gasteiger partial charge on any atom is 0.250 e. The van der Waals surface area contributed by atoms with E-state index >= 15 is 0 Å². The van der Waals surface area contributed by atoms with Crippen LogP contribution in [0.5, 0.6) is 0 Å². The number of amides is 2. The van der Waals surface area contributed by atoms with E-state index in [0.717, 1.165) is 18.4 Å². The van der Waals surface area contributed by atoms with Crippen LogP contribution in [0.3, 0.4) is 0 Å². The van der Waals surface area contributed by atoms with E-state index in [0.29, 0.717) is 38.8 Å². The Bertz CT molecular complexity index is 584. The highest BCUT2D eigenvalue weighted by molar-refractivity contribution is 5.82. The Kier molecular flexibility index (Phi) is 5.48. The predicted octanol–water partition coefficient (Wildman–Crippen LogP) is 0.591. The second kappa shape index (κ2) is 7.77. The molecule has 2 aliphatic rings. The number of hydrogen-bond acceptors (Lipinski definition) is 4. The van der Waals surface area contributed by atoms with Gasteiger partial charge in [-0.2, -0.15) is 0 Å². The number of nitrogens with one attached hydrogen (secondary N) is 2. The number of ether oxygens (including phenoxy) is 1. The number of hydrogen-bond donors (Lipinski definition) is 2. The molecule has 2 N–H and O–H groups in total. The summed E-state index contributed by atoms with van der Waals surface area (Å²) in [5, 5.41) is 5.89. The van der Waals surface area contributed by atoms with Gasteiger partial charge in [0, 0.05) is 25.7 Å². The van der Waals surface area contributed by atoms with Gasteiger partial charge in [-0.05, 0) is 25.3 Å². The van der Waals surface area contributed by atoms with Crippen LogP contribution in [-0.2, 0) is 20.9 Å². The summed E-state index contributed by atoms with van der Waals surface area (Å²) < 4.78 is 5.54. The fraction of sp³-hybridized carbons (Fsp3) is 0.556. The summed E-state index contributed by atoms with van der Waals surface area (Å²) in [6.07, 6.45) is 1.65. The zero-order valence-corrected chi connectivity index (χ0v) is 14.1. The van der Waals surface area contributed by atoms with Crippen molar-refractivity contribution < 1.29 is 14.3 Å². The average molecular weight is 331 g/mol. The summed E-state index contributed by atoms with van der Waals surface area (Å²) in [7, 11) is 0. The summed E-state index contributed by atoms with van der Waals surface area (Å²) in [5.41, 5.74) is 2.28. The van der Waals surface area contributed by atoms with Crippen molar-refractivity contribution in [2.75, 3.05) is 26.2 Å². The van der Waals surface area contributed by atoms with E-state index in [1.807, 2.05) is 36.1 Å². The Morgan fingerprint density at radius 3 is 2.71 bits per heavy atom. The SMILES string of the molecule is Cc1ccc(CNC(=O)CN2CCOC(C(=O)NC3CC3)C2)cc1. The molecule has 1 aromatic carbocycles. The van der Waals surface area contributed by atoms with Gasteiger partial charge in [0.05, 0.1) is 13.2 Å². The Balaban J connectivity index is 1.41. The predicted molar refractivity (Wildman–Crippen MR) is 90.4 cm³/mol. The number of benzene rings is 1. The second-order valence-corrected chi connectivity index (χ2v) is 6.64. The summed E-state index contributed by atoms with van der Waals surface area (Å²) >= 11 is 0. The summed E-state index contributed by atoms with van der Waals surface area (Å²) in [4.78, 5) is 26.2. The average Bonchev–Trinajstić information content (AvgIpc) is 3.38. The van der Waals surface area contributed by atoms with Crippen LogP contribution in [0.4, 0.5) is 0 Å². The fourth-order valence-corrected chi connectivity index (χ4v) is 2.69. The van der Waals surface area contributed by atoms with E-state index in [-0.39, 0.29) is 11.8 Å². The van der Waals surface area contributed by atoms with Gasteiger partial charge < -0.3 is 15.4 Å². The molecule has 1 aromatic rings. The van der Waals surface area contributed by atoms with Crippen molar-refractivity contribution in [2.24, 2.45) is 0 Å². The van der Waals surface area contributed by atoms with Crippen LogP contribution in [0, 0.1) is 6.92 Å². The van der Waals surface area contributed by atoms with Crippen molar-refractivity contribution in [3.63, 3.8) is 0 Å². The molecular formula is C18H25N3O3. The molecule has 1 unspecified atom stereocenters. The number of nitrogens with zero attached hydrogens (tertiary/aromatic N) is 1. The zero-order chi connectivity index (χ0) is 16.9. The fourth-order valence-electron chi connectivity index (χ4n) is 2.69. The highest BCUT2D eigenvalue weighted by Crippen LogP contribution is 2.19. The van der Waals surface area contributed by atoms with Gasteiger partial charge in [0.1, 0.15) is 6.10 Å². The topological polar surface area (TPSA) is 70.7 Å². The van der Waals surface area contributed by atoms with Crippen molar-refractivity contribution in [2.45, 2.75) is 38.5 Å². The van der Waals surface area contributed by atoms with Crippen LogP contribution in [0.15, 0.2) is 24.3 Å². The Morgan fingerprint density at radius 2 is 2.00 bits per heavy atom. The van der Waals surface area contributed by atoms with Crippen LogP contribution in [-0.4, -0.2) is 55.1 Å². The minimum atomic E-state index is -0.468. The van der Waals surface area contributed by atoms with Gasteiger partial charge in [-0.3, -0.25) is 14.5 Å². The second-order valence-electron chi connectivity index (χ2n) is 6.64. The highest BCUT2D eigenvalue weighted by Gasteiger charge is 2.31. The molecule has 0 spiro atoms.